The normalized spacial score (nSPS) is 10.1. The Hall–Kier alpha value is -2.21. The third kappa shape index (κ3) is 3.21. The first-order chi connectivity index (χ1) is 9.47. The van der Waals surface area contributed by atoms with E-state index in [0.717, 1.165) is 0 Å². The highest BCUT2D eigenvalue weighted by molar-refractivity contribution is 9.10. The van der Waals surface area contributed by atoms with Crippen LogP contribution in [-0.4, -0.2) is 17.0 Å². The molecule has 102 valence electrons. The van der Waals surface area contributed by atoms with Crippen LogP contribution in [-0.2, 0) is 0 Å². The van der Waals surface area contributed by atoms with Crippen molar-refractivity contribution in [1.29, 1.82) is 0 Å². The third-order valence-corrected chi connectivity index (χ3v) is 3.23. The van der Waals surface area contributed by atoms with Crippen LogP contribution in [0.2, 0.25) is 0 Å². The van der Waals surface area contributed by atoms with Crippen LogP contribution in [0.4, 0.5) is 10.1 Å². The lowest BCUT2D eigenvalue weighted by atomic mass is 10.1. The number of amides is 1. The second-order valence-corrected chi connectivity index (χ2v) is 4.82. The Morgan fingerprint density at radius 2 is 1.65 bits per heavy atom. The van der Waals surface area contributed by atoms with Gasteiger partial charge in [-0.05, 0) is 58.4 Å². The second-order valence-electron chi connectivity index (χ2n) is 3.96. The Kier molecular flexibility index (Phi) is 4.14. The van der Waals surface area contributed by atoms with Crippen molar-refractivity contribution in [2.24, 2.45) is 0 Å². The van der Waals surface area contributed by atoms with E-state index in [1.165, 1.54) is 42.5 Å². The summed E-state index contributed by atoms with van der Waals surface area (Å²) in [7, 11) is 0. The maximum Gasteiger partial charge on any atom is 0.335 e. The van der Waals surface area contributed by atoms with Gasteiger partial charge in [-0.15, -0.1) is 0 Å². The minimum absolute atomic E-state index is 0.101. The van der Waals surface area contributed by atoms with Crippen molar-refractivity contribution in [3.8, 4) is 0 Å². The van der Waals surface area contributed by atoms with Crippen LogP contribution in [0.1, 0.15) is 20.7 Å². The molecule has 0 radical (unpaired) electrons. The summed E-state index contributed by atoms with van der Waals surface area (Å²) in [4.78, 5) is 22.7. The Morgan fingerprint density at radius 3 is 2.20 bits per heavy atom. The molecule has 6 heteroatoms. The molecule has 0 spiro atoms. The average molecular weight is 338 g/mol. The molecule has 20 heavy (non-hydrogen) atoms. The molecule has 2 rings (SSSR count). The molecule has 0 heterocycles. The summed E-state index contributed by atoms with van der Waals surface area (Å²) in [6.45, 7) is 0. The van der Waals surface area contributed by atoms with Gasteiger partial charge in [-0.1, -0.05) is 0 Å². The van der Waals surface area contributed by atoms with Gasteiger partial charge in [0, 0.05) is 10.0 Å². The van der Waals surface area contributed by atoms with E-state index in [1.807, 2.05) is 0 Å². The fraction of sp³-hybridized carbons (Fsp3) is 0. The molecule has 0 fully saturated rings. The smallest absolute Gasteiger partial charge is 0.335 e. The van der Waals surface area contributed by atoms with Crippen molar-refractivity contribution in [3.63, 3.8) is 0 Å². The van der Waals surface area contributed by atoms with Crippen molar-refractivity contribution in [3.05, 3.63) is 63.9 Å². The first kappa shape index (κ1) is 14.2. The minimum atomic E-state index is -1.06. The van der Waals surface area contributed by atoms with Crippen molar-refractivity contribution in [2.45, 2.75) is 0 Å². The topological polar surface area (TPSA) is 66.4 Å². The summed E-state index contributed by atoms with van der Waals surface area (Å²) in [5.41, 5.74) is 0.842. The number of benzene rings is 2. The molecule has 0 aromatic heterocycles. The first-order valence-electron chi connectivity index (χ1n) is 5.57. The van der Waals surface area contributed by atoms with Crippen LogP contribution in [0.25, 0.3) is 0 Å². The van der Waals surface area contributed by atoms with E-state index < -0.39 is 17.7 Å². The molecule has 0 saturated heterocycles. The molecule has 2 aromatic rings. The molecule has 2 aromatic carbocycles. The van der Waals surface area contributed by atoms with E-state index in [9.17, 15) is 14.0 Å². The lowest BCUT2D eigenvalue weighted by Crippen LogP contribution is -2.12. The quantitative estimate of drug-likeness (QED) is 0.900. The van der Waals surface area contributed by atoms with Crippen LogP contribution in [0.3, 0.4) is 0 Å². The maximum atomic E-state index is 12.9. The van der Waals surface area contributed by atoms with Gasteiger partial charge >= 0.3 is 5.97 Å². The van der Waals surface area contributed by atoms with E-state index in [2.05, 4.69) is 21.2 Å². The van der Waals surface area contributed by atoms with Crippen molar-refractivity contribution >= 4 is 33.5 Å². The number of carboxylic acid groups (broad SMARTS) is 1. The third-order valence-electron chi connectivity index (χ3n) is 2.57. The number of aromatic carboxylic acids is 1. The lowest BCUT2D eigenvalue weighted by molar-refractivity contribution is 0.0696. The number of carboxylic acids is 1. The van der Waals surface area contributed by atoms with Gasteiger partial charge in [-0.25, -0.2) is 9.18 Å². The van der Waals surface area contributed by atoms with Gasteiger partial charge in [0.05, 0.1) is 11.3 Å². The molecule has 4 nitrogen and oxygen atoms in total. The van der Waals surface area contributed by atoms with Gasteiger partial charge in [-0.2, -0.15) is 0 Å². The van der Waals surface area contributed by atoms with Gasteiger partial charge < -0.3 is 10.4 Å². The van der Waals surface area contributed by atoms with Crippen LogP contribution >= 0.6 is 15.9 Å². The Labute approximate surface area is 122 Å². The molecule has 0 aliphatic heterocycles. The van der Waals surface area contributed by atoms with E-state index in [1.54, 1.807) is 0 Å². The molecule has 0 unspecified atom stereocenters. The molecule has 0 atom stereocenters. The number of carbonyl (C=O) groups is 2. The molecule has 2 N–H and O–H groups in total. The van der Waals surface area contributed by atoms with Crippen LogP contribution in [0.5, 0.6) is 0 Å². The highest BCUT2D eigenvalue weighted by Crippen LogP contribution is 2.23. The Balaban J connectivity index is 2.17. The highest BCUT2D eigenvalue weighted by atomic mass is 79.9. The molecule has 0 saturated carbocycles. The van der Waals surface area contributed by atoms with E-state index in [-0.39, 0.29) is 5.56 Å². The van der Waals surface area contributed by atoms with Crippen molar-refractivity contribution in [1.82, 2.24) is 0 Å². The van der Waals surface area contributed by atoms with Gasteiger partial charge in [-0.3, -0.25) is 4.79 Å². The summed E-state index contributed by atoms with van der Waals surface area (Å²) < 4.78 is 13.4. The van der Waals surface area contributed by atoms with Gasteiger partial charge in [0.2, 0.25) is 0 Å². The summed E-state index contributed by atoms with van der Waals surface area (Å²) in [5, 5.41) is 11.4. The summed E-state index contributed by atoms with van der Waals surface area (Å²) in [6, 6.07) is 9.42. The first-order valence-corrected chi connectivity index (χ1v) is 6.36. The molecule has 0 bridgehead atoms. The van der Waals surface area contributed by atoms with Crippen molar-refractivity contribution in [2.75, 3.05) is 5.32 Å². The summed E-state index contributed by atoms with van der Waals surface area (Å²) >= 11 is 3.15. The number of hydrogen-bond acceptors (Lipinski definition) is 2. The Morgan fingerprint density at radius 1 is 1.05 bits per heavy atom. The van der Waals surface area contributed by atoms with E-state index >= 15 is 0 Å². The maximum absolute atomic E-state index is 12.9. The van der Waals surface area contributed by atoms with Crippen molar-refractivity contribution < 1.29 is 19.1 Å². The highest BCUT2D eigenvalue weighted by Gasteiger charge is 2.10. The number of anilines is 1. The van der Waals surface area contributed by atoms with Crippen LogP contribution < -0.4 is 5.32 Å². The van der Waals surface area contributed by atoms with Gasteiger partial charge in [0.15, 0.2) is 0 Å². The zero-order valence-electron chi connectivity index (χ0n) is 10.1. The Bertz CT molecular complexity index is 671. The number of hydrogen-bond donors (Lipinski definition) is 2. The lowest BCUT2D eigenvalue weighted by Gasteiger charge is -2.07. The predicted octanol–water partition coefficient (Wildman–Crippen LogP) is 3.54. The zero-order valence-corrected chi connectivity index (χ0v) is 11.6. The zero-order chi connectivity index (χ0) is 14.7. The number of nitrogens with one attached hydrogen (secondary N) is 1. The molecular formula is C14H9BrFNO3. The largest absolute Gasteiger partial charge is 0.478 e. The standard InChI is InChI=1S/C14H9BrFNO3/c15-11-7-10(16)5-6-12(11)17-13(18)8-1-3-9(4-2-8)14(19)20/h1-7H,(H,17,18)(H,19,20). The number of carbonyl (C=O) groups excluding carboxylic acids is 1. The SMILES string of the molecule is O=C(O)c1ccc(C(=O)Nc2ccc(F)cc2Br)cc1. The minimum Gasteiger partial charge on any atom is -0.478 e. The number of halogens is 2. The summed E-state index contributed by atoms with van der Waals surface area (Å²) in [5.74, 6) is -1.88. The van der Waals surface area contributed by atoms with E-state index in [4.69, 9.17) is 5.11 Å². The molecular weight excluding hydrogens is 329 g/mol. The predicted molar refractivity (Wildman–Crippen MR) is 75.5 cm³/mol. The molecule has 0 aliphatic rings. The fourth-order valence-corrected chi connectivity index (χ4v) is 2.00. The fourth-order valence-electron chi connectivity index (χ4n) is 1.55. The average Bonchev–Trinajstić information content (AvgIpc) is 2.42. The number of rotatable bonds is 3. The van der Waals surface area contributed by atoms with Crippen LogP contribution in [0, 0.1) is 5.82 Å². The summed E-state index contributed by atoms with van der Waals surface area (Å²) in [6.07, 6.45) is 0. The van der Waals surface area contributed by atoms with Gasteiger partial charge in [0.1, 0.15) is 5.82 Å². The van der Waals surface area contributed by atoms with Gasteiger partial charge in [0.25, 0.3) is 5.91 Å². The molecule has 1 amide bonds. The second kappa shape index (κ2) is 5.83. The van der Waals surface area contributed by atoms with Crippen LogP contribution in [0.15, 0.2) is 46.9 Å². The van der Waals surface area contributed by atoms with E-state index in [0.29, 0.717) is 15.7 Å². The molecule has 0 aliphatic carbocycles. The monoisotopic (exact) mass is 337 g/mol.